The van der Waals surface area contributed by atoms with Gasteiger partial charge in [-0.25, -0.2) is 24.0 Å². The lowest BCUT2D eigenvalue weighted by atomic mass is 9.98. The van der Waals surface area contributed by atoms with Crippen LogP contribution in [0.3, 0.4) is 0 Å². The Morgan fingerprint density at radius 3 is 1.41 bits per heavy atom. The van der Waals surface area contributed by atoms with Crippen molar-refractivity contribution in [3.05, 3.63) is 58.9 Å². The third-order valence-corrected chi connectivity index (χ3v) is 3.94. The number of carboxylic acid groups (broad SMARTS) is 2. The maximum atomic E-state index is 12.3. The SMILES string of the molecule is C=C(C)C(=O)OCCOC(=O)c1cc(C(=O)O)c(C(=O)OCCOC(=C)C(C)=O)cc1C(=O)O. The first-order chi connectivity index (χ1) is 15.9. The van der Waals surface area contributed by atoms with E-state index in [4.69, 9.17) is 18.9 Å². The van der Waals surface area contributed by atoms with E-state index in [1.807, 2.05) is 0 Å². The number of carbonyl (C=O) groups excluding carboxylic acids is 4. The number of ketones is 1. The van der Waals surface area contributed by atoms with Crippen LogP contribution in [0.25, 0.3) is 0 Å². The molecular formula is C22H22O12. The van der Waals surface area contributed by atoms with Gasteiger partial charge in [-0.1, -0.05) is 13.2 Å². The molecule has 0 heterocycles. The molecule has 0 radical (unpaired) electrons. The molecule has 0 saturated heterocycles. The van der Waals surface area contributed by atoms with Gasteiger partial charge in [-0.3, -0.25) is 4.79 Å². The van der Waals surface area contributed by atoms with Crippen LogP contribution in [0.5, 0.6) is 0 Å². The molecule has 0 aliphatic rings. The topological polar surface area (TPSA) is 180 Å². The van der Waals surface area contributed by atoms with E-state index >= 15 is 0 Å². The third-order valence-electron chi connectivity index (χ3n) is 3.94. The fourth-order valence-corrected chi connectivity index (χ4v) is 2.24. The second-order valence-electron chi connectivity index (χ2n) is 6.57. The molecule has 1 rings (SSSR count). The van der Waals surface area contributed by atoms with Crippen molar-refractivity contribution < 1.29 is 57.9 Å². The van der Waals surface area contributed by atoms with E-state index in [9.17, 15) is 39.0 Å². The van der Waals surface area contributed by atoms with E-state index in [1.54, 1.807) is 0 Å². The monoisotopic (exact) mass is 478 g/mol. The standard InChI is InChI=1S/C22H22O12/c1-11(2)20(28)32-7-8-34-22(30)17-10-14(18(24)25)16(9-15(17)19(26)27)21(29)33-6-5-31-13(4)12(3)23/h9-10H,1,4-8H2,2-3H3,(H,24,25)(H,26,27). The molecule has 0 saturated carbocycles. The number of carboxylic acids is 2. The second-order valence-corrected chi connectivity index (χ2v) is 6.57. The minimum atomic E-state index is -1.65. The Bertz CT molecular complexity index is 966. The summed E-state index contributed by atoms with van der Waals surface area (Å²) in [6.45, 7) is 7.85. The van der Waals surface area contributed by atoms with Crippen LogP contribution in [0, 0.1) is 0 Å². The molecule has 12 nitrogen and oxygen atoms in total. The first-order valence-corrected chi connectivity index (χ1v) is 9.50. The van der Waals surface area contributed by atoms with Gasteiger partial charge in [-0.15, -0.1) is 0 Å². The van der Waals surface area contributed by atoms with Crippen LogP contribution in [-0.4, -0.2) is 72.3 Å². The summed E-state index contributed by atoms with van der Waals surface area (Å²) in [5.74, 6) is -7.06. The van der Waals surface area contributed by atoms with Crippen LogP contribution in [0.2, 0.25) is 0 Å². The van der Waals surface area contributed by atoms with Crippen LogP contribution in [0.1, 0.15) is 55.3 Å². The number of allylic oxidation sites excluding steroid dienone is 1. The van der Waals surface area contributed by atoms with Gasteiger partial charge in [0.05, 0.1) is 22.3 Å². The molecule has 0 atom stereocenters. The van der Waals surface area contributed by atoms with Crippen molar-refractivity contribution in [2.24, 2.45) is 0 Å². The fourth-order valence-electron chi connectivity index (χ4n) is 2.24. The summed E-state index contributed by atoms with van der Waals surface area (Å²) < 4.78 is 19.4. The minimum absolute atomic E-state index is 0.114. The Balaban J connectivity index is 3.04. The molecule has 0 fully saturated rings. The van der Waals surface area contributed by atoms with Gasteiger partial charge in [0.2, 0.25) is 0 Å². The van der Waals surface area contributed by atoms with Gasteiger partial charge >= 0.3 is 29.8 Å². The number of ether oxygens (including phenoxy) is 4. The van der Waals surface area contributed by atoms with Crippen molar-refractivity contribution in [3.63, 3.8) is 0 Å². The van der Waals surface area contributed by atoms with Crippen LogP contribution < -0.4 is 0 Å². The first-order valence-electron chi connectivity index (χ1n) is 9.50. The Morgan fingerprint density at radius 1 is 0.676 bits per heavy atom. The summed E-state index contributed by atoms with van der Waals surface area (Å²) in [6.07, 6.45) is 0. The molecule has 0 unspecified atom stereocenters. The lowest BCUT2D eigenvalue weighted by molar-refractivity contribution is -0.140. The summed E-state index contributed by atoms with van der Waals surface area (Å²) in [5, 5.41) is 18.9. The van der Waals surface area contributed by atoms with Gasteiger partial charge in [0.1, 0.15) is 26.4 Å². The highest BCUT2D eigenvalue weighted by Crippen LogP contribution is 2.20. The van der Waals surface area contributed by atoms with Gasteiger partial charge in [0.15, 0.2) is 11.5 Å². The number of carbonyl (C=O) groups is 6. The largest absolute Gasteiger partial charge is 0.487 e. The maximum absolute atomic E-state index is 12.3. The summed E-state index contributed by atoms with van der Waals surface area (Å²) in [7, 11) is 0. The molecule has 0 spiro atoms. The minimum Gasteiger partial charge on any atom is -0.487 e. The number of hydrogen-bond acceptors (Lipinski definition) is 10. The van der Waals surface area contributed by atoms with Crippen LogP contribution >= 0.6 is 0 Å². The van der Waals surface area contributed by atoms with Crippen LogP contribution in [0.4, 0.5) is 0 Å². The van der Waals surface area contributed by atoms with Gasteiger partial charge in [-0.05, 0) is 19.1 Å². The fraction of sp³-hybridized carbons (Fsp3) is 0.273. The van der Waals surface area contributed by atoms with Crippen molar-refractivity contribution >= 4 is 35.6 Å². The van der Waals surface area contributed by atoms with Crippen LogP contribution in [-0.2, 0) is 28.5 Å². The van der Waals surface area contributed by atoms with Crippen LogP contribution in [0.15, 0.2) is 36.6 Å². The molecule has 0 bridgehead atoms. The van der Waals surface area contributed by atoms with Gasteiger partial charge < -0.3 is 29.2 Å². The summed E-state index contributed by atoms with van der Waals surface area (Å²) >= 11 is 0. The number of Topliss-reactive ketones (excluding diaryl/α,β-unsaturated/α-hetero) is 1. The summed E-state index contributed by atoms with van der Waals surface area (Å²) in [6, 6.07) is 1.33. The van der Waals surface area contributed by atoms with Gasteiger partial charge in [-0.2, -0.15) is 0 Å². The molecule has 0 amide bonds. The van der Waals surface area contributed by atoms with E-state index in [2.05, 4.69) is 13.2 Å². The molecule has 12 heteroatoms. The summed E-state index contributed by atoms with van der Waals surface area (Å²) in [4.78, 5) is 70.3. The highest BCUT2D eigenvalue weighted by molar-refractivity contribution is 6.09. The number of hydrogen-bond donors (Lipinski definition) is 2. The second kappa shape index (κ2) is 12.5. The van der Waals surface area contributed by atoms with Crippen molar-refractivity contribution in [2.75, 3.05) is 26.4 Å². The molecule has 182 valence electrons. The number of esters is 3. The zero-order chi connectivity index (χ0) is 26.0. The molecule has 1 aromatic rings. The average molecular weight is 478 g/mol. The highest BCUT2D eigenvalue weighted by atomic mass is 16.6. The lowest BCUT2D eigenvalue weighted by Crippen LogP contribution is -2.20. The smallest absolute Gasteiger partial charge is 0.339 e. The van der Waals surface area contributed by atoms with E-state index in [1.165, 1.54) is 13.8 Å². The quantitative estimate of drug-likeness (QED) is 0.138. The summed E-state index contributed by atoms with van der Waals surface area (Å²) in [5.41, 5.74) is -2.61. The number of aromatic carboxylic acids is 2. The molecule has 0 aromatic heterocycles. The van der Waals surface area contributed by atoms with Gasteiger partial charge in [0, 0.05) is 12.5 Å². The Morgan fingerprint density at radius 2 is 1.06 bits per heavy atom. The zero-order valence-electron chi connectivity index (χ0n) is 18.4. The molecule has 0 aliphatic carbocycles. The van der Waals surface area contributed by atoms with Gasteiger partial charge in [0.25, 0.3) is 0 Å². The van der Waals surface area contributed by atoms with Crippen molar-refractivity contribution in [1.29, 1.82) is 0 Å². The Kier molecular flexibility index (Phi) is 10.2. The third kappa shape index (κ3) is 7.89. The van der Waals surface area contributed by atoms with Crippen molar-refractivity contribution in [2.45, 2.75) is 13.8 Å². The molecule has 0 aliphatic heterocycles. The molecule has 34 heavy (non-hydrogen) atoms. The normalized spacial score (nSPS) is 9.94. The molecular weight excluding hydrogens is 456 g/mol. The lowest BCUT2D eigenvalue weighted by Gasteiger charge is -2.13. The molecule has 2 N–H and O–H groups in total. The van der Waals surface area contributed by atoms with E-state index < -0.39 is 71.1 Å². The van der Waals surface area contributed by atoms with Crippen molar-refractivity contribution in [3.8, 4) is 0 Å². The van der Waals surface area contributed by atoms with Crippen molar-refractivity contribution in [1.82, 2.24) is 0 Å². The maximum Gasteiger partial charge on any atom is 0.339 e. The number of rotatable bonds is 13. The van der Waals surface area contributed by atoms with E-state index in [0.29, 0.717) is 12.1 Å². The number of benzene rings is 1. The Hall–Kier alpha value is -4.48. The molecule has 1 aromatic carbocycles. The first kappa shape index (κ1) is 27.6. The zero-order valence-corrected chi connectivity index (χ0v) is 18.4. The van der Waals surface area contributed by atoms with E-state index in [0.717, 1.165) is 0 Å². The highest BCUT2D eigenvalue weighted by Gasteiger charge is 2.27. The van der Waals surface area contributed by atoms with E-state index in [-0.39, 0.29) is 24.5 Å². The predicted octanol–water partition coefficient (Wildman–Crippen LogP) is 1.64. The Labute approximate surface area is 193 Å². The predicted molar refractivity (Wildman–Crippen MR) is 112 cm³/mol. The average Bonchev–Trinajstić information content (AvgIpc) is 2.77.